The van der Waals surface area contributed by atoms with Crippen LogP contribution in [0.1, 0.15) is 27.7 Å². The number of nitrogens with zero attached hydrogens (tertiary/aromatic N) is 2. The Kier molecular flexibility index (Phi) is 7.91. The fourth-order valence-corrected chi connectivity index (χ4v) is 5.76. The molecule has 0 fully saturated rings. The standard InChI is InChI=1S/C35H33N5O3/c1-39-29-18-10-11-19-30(29)40(23-31(41)36-21-20-24-12-4-2-5-13-24)35(43)32(33(39)25-14-6-3-7-15-25)38-34(42)28-22-26-16-8-9-17-27(26)37-28/h2-19,22,32-33,37H,20-21,23H2,1H3,(H,36,41)(H,38,42)/t32-,33-/m1/s1. The van der Waals surface area contributed by atoms with Gasteiger partial charge in [-0.25, -0.2) is 0 Å². The summed E-state index contributed by atoms with van der Waals surface area (Å²) in [6.45, 7) is 0.262. The molecule has 0 saturated heterocycles. The Morgan fingerprint density at radius 2 is 1.47 bits per heavy atom. The van der Waals surface area contributed by atoms with Crippen LogP contribution in [0.25, 0.3) is 10.9 Å². The van der Waals surface area contributed by atoms with Gasteiger partial charge in [-0.1, -0.05) is 91.0 Å². The largest absolute Gasteiger partial charge is 0.363 e. The van der Waals surface area contributed by atoms with E-state index in [1.807, 2.05) is 121 Å². The van der Waals surface area contributed by atoms with Crippen LogP contribution in [0.4, 0.5) is 11.4 Å². The molecule has 0 saturated carbocycles. The second-order valence-corrected chi connectivity index (χ2v) is 10.7. The van der Waals surface area contributed by atoms with Gasteiger partial charge in [0.25, 0.3) is 11.8 Å². The summed E-state index contributed by atoms with van der Waals surface area (Å²) in [7, 11) is 1.91. The van der Waals surface area contributed by atoms with Gasteiger partial charge in [-0.2, -0.15) is 0 Å². The van der Waals surface area contributed by atoms with Gasteiger partial charge in [0.15, 0.2) is 0 Å². The summed E-state index contributed by atoms with van der Waals surface area (Å²) >= 11 is 0. The summed E-state index contributed by atoms with van der Waals surface area (Å²) in [6.07, 6.45) is 0.680. The van der Waals surface area contributed by atoms with Crippen molar-refractivity contribution in [2.75, 3.05) is 29.9 Å². The van der Waals surface area contributed by atoms with E-state index in [-0.39, 0.29) is 18.4 Å². The number of carbonyl (C=O) groups is 3. The highest BCUT2D eigenvalue weighted by molar-refractivity contribution is 6.08. The molecule has 216 valence electrons. The molecule has 1 aliphatic rings. The molecule has 0 spiro atoms. The number of fused-ring (bicyclic) bond motifs is 2. The van der Waals surface area contributed by atoms with Crippen molar-refractivity contribution in [1.82, 2.24) is 15.6 Å². The third kappa shape index (κ3) is 5.85. The number of benzene rings is 4. The van der Waals surface area contributed by atoms with E-state index >= 15 is 0 Å². The van der Waals surface area contributed by atoms with Crippen LogP contribution in [-0.4, -0.2) is 48.9 Å². The number of anilines is 2. The summed E-state index contributed by atoms with van der Waals surface area (Å²) in [5.74, 6) is -1.05. The van der Waals surface area contributed by atoms with E-state index < -0.39 is 18.0 Å². The van der Waals surface area contributed by atoms with Crippen molar-refractivity contribution in [3.8, 4) is 0 Å². The second kappa shape index (κ2) is 12.2. The summed E-state index contributed by atoms with van der Waals surface area (Å²) in [5, 5.41) is 6.90. The number of aromatic amines is 1. The van der Waals surface area contributed by atoms with Crippen LogP contribution in [0.2, 0.25) is 0 Å². The number of hydrogen-bond acceptors (Lipinski definition) is 4. The lowest BCUT2D eigenvalue weighted by Crippen LogP contribution is -2.54. The van der Waals surface area contributed by atoms with Gasteiger partial charge in [0.1, 0.15) is 18.3 Å². The number of nitrogens with one attached hydrogen (secondary N) is 3. The van der Waals surface area contributed by atoms with Crippen LogP contribution >= 0.6 is 0 Å². The third-order valence-corrected chi connectivity index (χ3v) is 7.90. The average Bonchev–Trinajstić information content (AvgIpc) is 3.46. The van der Waals surface area contributed by atoms with Crippen molar-refractivity contribution in [2.45, 2.75) is 18.5 Å². The maximum absolute atomic E-state index is 14.5. The highest BCUT2D eigenvalue weighted by atomic mass is 16.2. The van der Waals surface area contributed by atoms with Crippen LogP contribution in [0.3, 0.4) is 0 Å². The minimum absolute atomic E-state index is 0.182. The van der Waals surface area contributed by atoms with Gasteiger partial charge in [-0.3, -0.25) is 19.3 Å². The molecule has 0 aliphatic carbocycles. The normalized spacial score (nSPS) is 16.4. The quantitative estimate of drug-likeness (QED) is 0.248. The van der Waals surface area contributed by atoms with Gasteiger partial charge in [-0.15, -0.1) is 0 Å². The molecule has 43 heavy (non-hydrogen) atoms. The number of amides is 3. The average molecular weight is 572 g/mol. The Morgan fingerprint density at radius 1 is 0.814 bits per heavy atom. The molecule has 5 aromatic rings. The zero-order chi connectivity index (χ0) is 29.8. The summed E-state index contributed by atoms with van der Waals surface area (Å²) in [6, 6.07) is 35.0. The molecule has 2 atom stereocenters. The van der Waals surface area contributed by atoms with E-state index in [1.165, 1.54) is 4.90 Å². The van der Waals surface area contributed by atoms with Gasteiger partial charge in [0.2, 0.25) is 5.91 Å². The van der Waals surface area contributed by atoms with Crippen molar-refractivity contribution in [3.63, 3.8) is 0 Å². The fourth-order valence-electron chi connectivity index (χ4n) is 5.76. The van der Waals surface area contributed by atoms with Crippen LogP contribution < -0.4 is 20.4 Å². The Morgan fingerprint density at radius 3 is 2.21 bits per heavy atom. The van der Waals surface area contributed by atoms with Gasteiger partial charge in [0, 0.05) is 24.5 Å². The van der Waals surface area contributed by atoms with Crippen molar-refractivity contribution >= 4 is 40.0 Å². The Labute approximate surface area is 250 Å². The Balaban J connectivity index is 1.32. The smallest absolute Gasteiger partial charge is 0.268 e. The van der Waals surface area contributed by atoms with Crippen molar-refractivity contribution in [3.05, 3.63) is 132 Å². The molecule has 1 aliphatic heterocycles. The van der Waals surface area contributed by atoms with E-state index in [0.29, 0.717) is 24.3 Å². The van der Waals surface area contributed by atoms with Crippen molar-refractivity contribution in [2.24, 2.45) is 0 Å². The molecule has 0 bridgehead atoms. The number of aromatic nitrogens is 1. The molecule has 8 heteroatoms. The second-order valence-electron chi connectivity index (χ2n) is 10.7. The molecule has 8 nitrogen and oxygen atoms in total. The van der Waals surface area contributed by atoms with Crippen LogP contribution in [0, 0.1) is 0 Å². The Hall–Kier alpha value is -5.37. The maximum atomic E-state index is 14.5. The fraction of sp³-hybridized carbons (Fsp3) is 0.171. The molecule has 0 radical (unpaired) electrons. The first-order valence-corrected chi connectivity index (χ1v) is 14.4. The van der Waals surface area contributed by atoms with E-state index in [2.05, 4.69) is 15.6 Å². The lowest BCUT2D eigenvalue weighted by atomic mass is 9.96. The van der Waals surface area contributed by atoms with E-state index in [4.69, 9.17) is 0 Å². The minimum Gasteiger partial charge on any atom is -0.363 e. The maximum Gasteiger partial charge on any atom is 0.268 e. The van der Waals surface area contributed by atoms with Crippen molar-refractivity contribution < 1.29 is 14.4 Å². The topological polar surface area (TPSA) is 97.5 Å². The van der Waals surface area contributed by atoms with E-state index in [0.717, 1.165) is 27.7 Å². The Bertz CT molecular complexity index is 1720. The summed E-state index contributed by atoms with van der Waals surface area (Å²) in [5.41, 5.74) is 4.56. The molecule has 6 rings (SSSR count). The molecular formula is C35H33N5O3. The molecule has 0 unspecified atom stereocenters. The molecule has 1 aromatic heterocycles. The first-order chi connectivity index (χ1) is 21.0. The van der Waals surface area contributed by atoms with Crippen LogP contribution in [-0.2, 0) is 16.0 Å². The minimum atomic E-state index is -0.990. The SMILES string of the molecule is CN1c2ccccc2N(CC(=O)NCCc2ccccc2)C(=O)[C@H](NC(=O)c2cc3ccccc3[nH]2)[C@H]1c1ccccc1. The van der Waals surface area contributed by atoms with Gasteiger partial charge in [0.05, 0.1) is 17.4 Å². The lowest BCUT2D eigenvalue weighted by Gasteiger charge is -2.33. The predicted molar refractivity (Wildman–Crippen MR) is 169 cm³/mol. The third-order valence-electron chi connectivity index (χ3n) is 7.90. The number of rotatable bonds is 8. The first kappa shape index (κ1) is 27.8. The highest BCUT2D eigenvalue weighted by Crippen LogP contribution is 2.39. The predicted octanol–water partition coefficient (Wildman–Crippen LogP) is 4.85. The number of H-pyrrole nitrogens is 1. The first-order valence-electron chi connectivity index (χ1n) is 14.4. The molecule has 4 aromatic carbocycles. The van der Waals surface area contributed by atoms with Gasteiger partial charge < -0.3 is 20.5 Å². The van der Waals surface area contributed by atoms with E-state index in [1.54, 1.807) is 6.07 Å². The summed E-state index contributed by atoms with van der Waals surface area (Å²) in [4.78, 5) is 48.1. The molecule has 3 N–H and O–H groups in total. The van der Waals surface area contributed by atoms with Gasteiger partial charge in [-0.05, 0) is 41.8 Å². The molecular weight excluding hydrogens is 538 g/mol. The number of likely N-dealkylation sites (N-methyl/N-ethyl adjacent to an activating group) is 1. The zero-order valence-electron chi connectivity index (χ0n) is 23.9. The number of hydrogen-bond donors (Lipinski definition) is 3. The molecule has 3 amide bonds. The lowest BCUT2D eigenvalue weighted by molar-refractivity contribution is -0.125. The highest BCUT2D eigenvalue weighted by Gasteiger charge is 2.42. The van der Waals surface area contributed by atoms with Crippen LogP contribution in [0.15, 0.2) is 115 Å². The zero-order valence-corrected chi connectivity index (χ0v) is 23.9. The van der Waals surface area contributed by atoms with E-state index in [9.17, 15) is 14.4 Å². The van der Waals surface area contributed by atoms with Crippen molar-refractivity contribution in [1.29, 1.82) is 0 Å². The van der Waals surface area contributed by atoms with Crippen LogP contribution in [0.5, 0.6) is 0 Å². The molecule has 2 heterocycles. The monoisotopic (exact) mass is 571 g/mol. The van der Waals surface area contributed by atoms with Gasteiger partial charge >= 0.3 is 0 Å². The summed E-state index contributed by atoms with van der Waals surface area (Å²) < 4.78 is 0. The number of para-hydroxylation sites is 3. The number of carbonyl (C=O) groups excluding carboxylic acids is 3.